The molecule has 0 aliphatic rings. The van der Waals surface area contributed by atoms with Crippen LogP contribution in [0.5, 0.6) is 5.75 Å². The predicted molar refractivity (Wildman–Crippen MR) is 115 cm³/mol. The van der Waals surface area contributed by atoms with Crippen LogP contribution in [-0.2, 0) is 11.4 Å². The first-order valence-electron chi connectivity index (χ1n) is 8.89. The van der Waals surface area contributed by atoms with Gasteiger partial charge in [-0.15, -0.1) is 11.3 Å². The van der Waals surface area contributed by atoms with Crippen molar-refractivity contribution in [3.63, 3.8) is 0 Å². The van der Waals surface area contributed by atoms with Crippen molar-refractivity contribution in [2.75, 3.05) is 0 Å². The highest BCUT2D eigenvalue weighted by Gasteiger charge is 2.11. The van der Waals surface area contributed by atoms with Crippen molar-refractivity contribution in [3.05, 3.63) is 100 Å². The fourth-order valence-electron chi connectivity index (χ4n) is 3.11. The van der Waals surface area contributed by atoms with Crippen molar-refractivity contribution >= 4 is 39.7 Å². The van der Waals surface area contributed by atoms with E-state index in [1.54, 1.807) is 6.08 Å². The lowest BCUT2D eigenvalue weighted by Crippen LogP contribution is -1.98. The SMILES string of the molecule is O=C(O)/C(=C\c1cccc(OCc2cccc3ccccc23)c1)c1cccs1. The number of benzene rings is 3. The summed E-state index contributed by atoms with van der Waals surface area (Å²) in [4.78, 5) is 12.4. The minimum Gasteiger partial charge on any atom is -0.489 e. The smallest absolute Gasteiger partial charge is 0.337 e. The summed E-state index contributed by atoms with van der Waals surface area (Å²) in [5, 5.41) is 13.8. The number of carbonyl (C=O) groups is 1. The number of rotatable bonds is 6. The van der Waals surface area contributed by atoms with Crippen LogP contribution in [0.3, 0.4) is 0 Å². The minimum atomic E-state index is -0.940. The van der Waals surface area contributed by atoms with E-state index in [0.29, 0.717) is 12.4 Å². The summed E-state index contributed by atoms with van der Waals surface area (Å²) in [7, 11) is 0. The molecule has 0 unspecified atom stereocenters. The molecule has 1 N–H and O–H groups in total. The van der Waals surface area contributed by atoms with E-state index in [1.807, 2.05) is 60.0 Å². The number of ether oxygens (including phenoxy) is 1. The summed E-state index contributed by atoms with van der Waals surface area (Å²) in [5.74, 6) is -0.234. The summed E-state index contributed by atoms with van der Waals surface area (Å²) in [6.45, 7) is 0.450. The second kappa shape index (κ2) is 8.11. The Bertz CT molecular complexity index is 1140. The normalized spacial score (nSPS) is 11.5. The van der Waals surface area contributed by atoms with Gasteiger partial charge in [0.25, 0.3) is 0 Å². The minimum absolute atomic E-state index is 0.279. The van der Waals surface area contributed by atoms with E-state index in [-0.39, 0.29) is 5.57 Å². The van der Waals surface area contributed by atoms with E-state index in [9.17, 15) is 9.90 Å². The van der Waals surface area contributed by atoms with Crippen molar-refractivity contribution in [2.24, 2.45) is 0 Å². The van der Waals surface area contributed by atoms with Gasteiger partial charge in [0.2, 0.25) is 0 Å². The van der Waals surface area contributed by atoms with Crippen LogP contribution in [-0.4, -0.2) is 11.1 Å². The molecule has 0 spiro atoms. The van der Waals surface area contributed by atoms with Crippen LogP contribution >= 0.6 is 11.3 Å². The molecule has 0 bridgehead atoms. The molecule has 0 saturated carbocycles. The maximum Gasteiger partial charge on any atom is 0.337 e. The third-order valence-electron chi connectivity index (χ3n) is 4.46. The average molecular weight is 386 g/mol. The molecule has 28 heavy (non-hydrogen) atoms. The van der Waals surface area contributed by atoms with Gasteiger partial charge in [0.05, 0.1) is 5.57 Å². The third-order valence-corrected chi connectivity index (χ3v) is 5.36. The van der Waals surface area contributed by atoms with Gasteiger partial charge in [-0.3, -0.25) is 0 Å². The zero-order valence-corrected chi connectivity index (χ0v) is 15.9. The Morgan fingerprint density at radius 1 is 0.964 bits per heavy atom. The maximum absolute atomic E-state index is 11.6. The molecule has 1 aromatic heterocycles. The van der Waals surface area contributed by atoms with Crippen molar-refractivity contribution in [3.8, 4) is 5.75 Å². The van der Waals surface area contributed by atoms with Crippen LogP contribution in [0.15, 0.2) is 84.2 Å². The molecule has 0 radical (unpaired) electrons. The lowest BCUT2D eigenvalue weighted by atomic mass is 10.1. The molecule has 3 aromatic carbocycles. The van der Waals surface area contributed by atoms with Crippen LogP contribution in [0.2, 0.25) is 0 Å². The number of hydrogen-bond acceptors (Lipinski definition) is 3. The monoisotopic (exact) mass is 386 g/mol. The number of carboxylic acids is 1. The standard InChI is InChI=1S/C24H18O3S/c25-24(26)22(23-12-5-13-28-23)15-17-6-3-10-20(14-17)27-16-19-9-4-8-18-7-1-2-11-21(18)19/h1-15H,16H2,(H,25,26)/b22-15-. The fraction of sp³-hybridized carbons (Fsp3) is 0.0417. The number of carboxylic acid groups (broad SMARTS) is 1. The van der Waals surface area contributed by atoms with Crippen molar-refractivity contribution in [1.82, 2.24) is 0 Å². The molecule has 0 aliphatic heterocycles. The van der Waals surface area contributed by atoms with E-state index < -0.39 is 5.97 Å². The largest absolute Gasteiger partial charge is 0.489 e. The summed E-state index contributed by atoms with van der Waals surface area (Å²) in [6, 6.07) is 25.6. The molecule has 0 saturated heterocycles. The van der Waals surface area contributed by atoms with E-state index in [0.717, 1.165) is 16.0 Å². The molecule has 0 fully saturated rings. The van der Waals surface area contributed by atoms with Gasteiger partial charge in [-0.1, -0.05) is 60.7 Å². The van der Waals surface area contributed by atoms with Crippen LogP contribution in [0, 0.1) is 0 Å². The Labute approximate surface area is 167 Å². The molecular formula is C24H18O3S. The Balaban J connectivity index is 1.57. The predicted octanol–water partition coefficient (Wildman–Crippen LogP) is 6.11. The molecule has 3 nitrogen and oxygen atoms in total. The van der Waals surface area contributed by atoms with Crippen LogP contribution in [0.4, 0.5) is 0 Å². The molecule has 0 amide bonds. The van der Waals surface area contributed by atoms with E-state index in [2.05, 4.69) is 24.3 Å². The second-order valence-electron chi connectivity index (χ2n) is 6.34. The molecule has 0 aliphatic carbocycles. The molecule has 1 heterocycles. The van der Waals surface area contributed by atoms with Gasteiger partial charge in [-0.2, -0.15) is 0 Å². The number of hydrogen-bond donors (Lipinski definition) is 1. The van der Waals surface area contributed by atoms with Crippen LogP contribution in [0.25, 0.3) is 22.4 Å². The first-order chi connectivity index (χ1) is 13.7. The first kappa shape index (κ1) is 18.0. The highest BCUT2D eigenvalue weighted by molar-refractivity contribution is 7.11. The van der Waals surface area contributed by atoms with Crippen LogP contribution < -0.4 is 4.74 Å². The summed E-state index contributed by atoms with van der Waals surface area (Å²) < 4.78 is 6.00. The maximum atomic E-state index is 11.6. The summed E-state index contributed by atoms with van der Waals surface area (Å²) in [5.41, 5.74) is 2.19. The van der Waals surface area contributed by atoms with E-state index >= 15 is 0 Å². The van der Waals surface area contributed by atoms with Gasteiger partial charge in [0.15, 0.2) is 0 Å². The Hall–Kier alpha value is -3.37. The molecular weight excluding hydrogens is 368 g/mol. The molecule has 0 atom stereocenters. The third kappa shape index (κ3) is 3.97. The van der Waals surface area contributed by atoms with Gasteiger partial charge < -0.3 is 9.84 Å². The molecule has 138 valence electrons. The van der Waals surface area contributed by atoms with E-state index in [4.69, 9.17) is 4.74 Å². The highest BCUT2D eigenvalue weighted by atomic mass is 32.1. The fourth-order valence-corrected chi connectivity index (χ4v) is 3.84. The summed E-state index contributed by atoms with van der Waals surface area (Å²) in [6.07, 6.45) is 1.68. The Kier molecular flexibility index (Phi) is 5.22. The Morgan fingerprint density at radius 3 is 2.61 bits per heavy atom. The molecule has 4 rings (SSSR count). The number of fused-ring (bicyclic) bond motifs is 1. The lowest BCUT2D eigenvalue weighted by Gasteiger charge is -2.10. The zero-order valence-electron chi connectivity index (χ0n) is 15.0. The second-order valence-corrected chi connectivity index (χ2v) is 7.29. The van der Waals surface area contributed by atoms with Crippen molar-refractivity contribution in [2.45, 2.75) is 6.61 Å². The van der Waals surface area contributed by atoms with Gasteiger partial charge in [-0.25, -0.2) is 4.79 Å². The van der Waals surface area contributed by atoms with Gasteiger partial charge in [0, 0.05) is 4.88 Å². The number of aliphatic carboxylic acids is 1. The Morgan fingerprint density at radius 2 is 1.79 bits per heavy atom. The first-order valence-corrected chi connectivity index (χ1v) is 9.77. The van der Waals surface area contributed by atoms with Gasteiger partial charge >= 0.3 is 5.97 Å². The highest BCUT2D eigenvalue weighted by Crippen LogP contribution is 2.25. The summed E-state index contributed by atoms with van der Waals surface area (Å²) >= 11 is 1.41. The molecule has 4 aromatic rings. The van der Waals surface area contributed by atoms with E-state index in [1.165, 1.54) is 22.1 Å². The molecule has 4 heteroatoms. The average Bonchev–Trinajstić information content (AvgIpc) is 3.25. The quantitative estimate of drug-likeness (QED) is 0.407. The topological polar surface area (TPSA) is 46.5 Å². The number of thiophene rings is 1. The van der Waals surface area contributed by atoms with Gasteiger partial charge in [0.1, 0.15) is 12.4 Å². The van der Waals surface area contributed by atoms with Crippen LogP contribution in [0.1, 0.15) is 16.0 Å². The van der Waals surface area contributed by atoms with Gasteiger partial charge in [-0.05, 0) is 51.6 Å². The van der Waals surface area contributed by atoms with Crippen molar-refractivity contribution in [1.29, 1.82) is 0 Å². The lowest BCUT2D eigenvalue weighted by molar-refractivity contribution is -0.130. The zero-order chi connectivity index (χ0) is 19.3. The van der Waals surface area contributed by atoms with Crippen molar-refractivity contribution < 1.29 is 14.6 Å².